The van der Waals surface area contributed by atoms with E-state index >= 15 is 0 Å². The van der Waals surface area contributed by atoms with Crippen molar-refractivity contribution in [2.45, 2.75) is 39.3 Å². The molecule has 30 heavy (non-hydrogen) atoms. The molecule has 1 unspecified atom stereocenters. The molecule has 1 atom stereocenters. The average molecular weight is 428 g/mol. The van der Waals surface area contributed by atoms with Crippen molar-refractivity contribution in [1.29, 1.82) is 0 Å². The van der Waals surface area contributed by atoms with Gasteiger partial charge in [0.2, 0.25) is 5.91 Å². The summed E-state index contributed by atoms with van der Waals surface area (Å²) in [4.78, 5) is 22.5. The molecule has 0 fully saturated rings. The standard InChI is InChI=1S/C24H30ClN3O2/c1-17(2)12-24(29)28(15-18-6-5-7-20(25)13-18)16-22-14-23(26-30-22)19-8-10-21(11-9-19)27(3)4/h5-11,13,17,22H,12,14-16H2,1-4H3. The van der Waals surface area contributed by atoms with Gasteiger partial charge in [-0.2, -0.15) is 0 Å². The zero-order valence-electron chi connectivity index (χ0n) is 18.1. The van der Waals surface area contributed by atoms with E-state index in [0.717, 1.165) is 22.5 Å². The average Bonchev–Trinajstić information content (AvgIpc) is 3.15. The van der Waals surface area contributed by atoms with E-state index in [-0.39, 0.29) is 12.0 Å². The summed E-state index contributed by atoms with van der Waals surface area (Å²) in [5.41, 5.74) is 4.13. The first-order chi connectivity index (χ1) is 14.3. The van der Waals surface area contributed by atoms with Crippen LogP contribution in [0.4, 0.5) is 5.69 Å². The number of amides is 1. The van der Waals surface area contributed by atoms with Gasteiger partial charge < -0.3 is 14.6 Å². The van der Waals surface area contributed by atoms with Crippen LogP contribution < -0.4 is 4.90 Å². The van der Waals surface area contributed by atoms with Crippen molar-refractivity contribution in [3.63, 3.8) is 0 Å². The predicted molar refractivity (Wildman–Crippen MR) is 123 cm³/mol. The van der Waals surface area contributed by atoms with Crippen molar-refractivity contribution < 1.29 is 9.63 Å². The number of rotatable bonds is 8. The van der Waals surface area contributed by atoms with E-state index in [1.807, 2.05) is 43.3 Å². The molecule has 160 valence electrons. The fraction of sp³-hybridized carbons (Fsp3) is 0.417. The van der Waals surface area contributed by atoms with E-state index in [9.17, 15) is 4.79 Å². The highest BCUT2D eigenvalue weighted by molar-refractivity contribution is 6.30. The Balaban J connectivity index is 1.66. The maximum absolute atomic E-state index is 12.9. The van der Waals surface area contributed by atoms with Crippen molar-refractivity contribution in [2.75, 3.05) is 25.5 Å². The van der Waals surface area contributed by atoms with Crippen LogP contribution in [0.25, 0.3) is 0 Å². The third-order valence-corrected chi connectivity index (χ3v) is 5.31. The Bertz CT molecular complexity index is 894. The first-order valence-electron chi connectivity index (χ1n) is 10.3. The monoisotopic (exact) mass is 427 g/mol. The molecule has 2 aromatic carbocycles. The lowest BCUT2D eigenvalue weighted by Crippen LogP contribution is -2.37. The van der Waals surface area contributed by atoms with E-state index in [4.69, 9.17) is 16.4 Å². The third-order valence-electron chi connectivity index (χ3n) is 5.07. The number of halogens is 1. The molecule has 1 amide bonds. The summed E-state index contributed by atoms with van der Waals surface area (Å²) in [6, 6.07) is 15.9. The van der Waals surface area contributed by atoms with Crippen LogP contribution >= 0.6 is 11.6 Å². The molecule has 0 bridgehead atoms. The minimum atomic E-state index is -0.149. The zero-order valence-corrected chi connectivity index (χ0v) is 18.9. The Morgan fingerprint density at radius 3 is 2.57 bits per heavy atom. The highest BCUT2D eigenvalue weighted by Gasteiger charge is 2.27. The van der Waals surface area contributed by atoms with E-state index in [2.05, 4.69) is 48.2 Å². The SMILES string of the molecule is CC(C)CC(=O)N(Cc1cccc(Cl)c1)CC1CC(c2ccc(N(C)C)cc2)=NO1. The molecule has 1 aliphatic rings. The second-order valence-corrected chi connectivity index (χ2v) is 8.85. The second-order valence-electron chi connectivity index (χ2n) is 8.41. The smallest absolute Gasteiger partial charge is 0.223 e. The number of oxime groups is 1. The number of carbonyl (C=O) groups is 1. The van der Waals surface area contributed by atoms with Crippen LogP contribution in [0.2, 0.25) is 5.02 Å². The molecule has 0 spiro atoms. The van der Waals surface area contributed by atoms with E-state index in [0.29, 0.717) is 36.9 Å². The van der Waals surface area contributed by atoms with Gasteiger partial charge in [0, 0.05) is 44.2 Å². The predicted octanol–water partition coefficient (Wildman–Crippen LogP) is 4.97. The van der Waals surface area contributed by atoms with E-state index < -0.39 is 0 Å². The summed E-state index contributed by atoms with van der Waals surface area (Å²) in [6.07, 6.45) is 1.04. The maximum Gasteiger partial charge on any atom is 0.223 e. The molecule has 6 heteroatoms. The lowest BCUT2D eigenvalue weighted by molar-refractivity contribution is -0.134. The quantitative estimate of drug-likeness (QED) is 0.597. The molecule has 0 saturated carbocycles. The Kier molecular flexibility index (Phi) is 7.38. The lowest BCUT2D eigenvalue weighted by atomic mass is 10.0. The van der Waals surface area contributed by atoms with Gasteiger partial charge in [-0.25, -0.2) is 0 Å². The van der Waals surface area contributed by atoms with Gasteiger partial charge in [0.15, 0.2) is 6.10 Å². The van der Waals surface area contributed by atoms with Gasteiger partial charge in [-0.3, -0.25) is 4.79 Å². The van der Waals surface area contributed by atoms with Gasteiger partial charge in [0.1, 0.15) is 0 Å². The third kappa shape index (κ3) is 5.99. The van der Waals surface area contributed by atoms with E-state index in [1.165, 1.54) is 0 Å². The van der Waals surface area contributed by atoms with Crippen molar-refractivity contribution in [3.8, 4) is 0 Å². The first-order valence-corrected chi connectivity index (χ1v) is 10.7. The summed E-state index contributed by atoms with van der Waals surface area (Å²) in [6.45, 7) is 5.12. The van der Waals surface area contributed by atoms with Crippen molar-refractivity contribution in [2.24, 2.45) is 11.1 Å². The largest absolute Gasteiger partial charge is 0.390 e. The summed E-state index contributed by atoms with van der Waals surface area (Å²) in [5, 5.41) is 4.97. The zero-order chi connectivity index (χ0) is 21.7. The first kappa shape index (κ1) is 22.2. The Morgan fingerprint density at radius 2 is 1.93 bits per heavy atom. The van der Waals surface area contributed by atoms with Gasteiger partial charge in [-0.05, 0) is 41.3 Å². The summed E-state index contributed by atoms with van der Waals surface area (Å²) >= 11 is 6.13. The molecule has 0 saturated heterocycles. The minimum Gasteiger partial charge on any atom is -0.390 e. The molecular formula is C24H30ClN3O2. The molecule has 0 radical (unpaired) electrons. The summed E-state index contributed by atoms with van der Waals surface area (Å²) in [7, 11) is 4.04. The Morgan fingerprint density at radius 1 is 1.20 bits per heavy atom. The highest BCUT2D eigenvalue weighted by atomic mass is 35.5. The number of hydrogen-bond acceptors (Lipinski definition) is 4. The summed E-state index contributed by atoms with van der Waals surface area (Å²) < 4.78 is 0. The van der Waals surface area contributed by atoms with Crippen LogP contribution in [0.15, 0.2) is 53.7 Å². The van der Waals surface area contributed by atoms with Gasteiger partial charge in [-0.15, -0.1) is 0 Å². The molecule has 0 N–H and O–H groups in total. The van der Waals surface area contributed by atoms with Crippen molar-refractivity contribution in [1.82, 2.24) is 4.90 Å². The topological polar surface area (TPSA) is 45.1 Å². The maximum atomic E-state index is 12.9. The molecule has 2 aromatic rings. The van der Waals surface area contributed by atoms with Gasteiger partial charge >= 0.3 is 0 Å². The molecule has 3 rings (SSSR count). The fourth-order valence-corrected chi connectivity index (χ4v) is 3.70. The van der Waals surface area contributed by atoms with Crippen LogP contribution in [-0.4, -0.2) is 43.3 Å². The lowest BCUT2D eigenvalue weighted by Gasteiger charge is -2.26. The van der Waals surface area contributed by atoms with Crippen LogP contribution in [0.3, 0.4) is 0 Å². The van der Waals surface area contributed by atoms with Crippen molar-refractivity contribution in [3.05, 3.63) is 64.7 Å². The van der Waals surface area contributed by atoms with Crippen LogP contribution in [0.1, 0.15) is 37.8 Å². The minimum absolute atomic E-state index is 0.123. The van der Waals surface area contributed by atoms with Crippen LogP contribution in [0, 0.1) is 5.92 Å². The normalized spacial score (nSPS) is 15.7. The molecular weight excluding hydrogens is 398 g/mol. The number of anilines is 1. The number of nitrogens with zero attached hydrogens (tertiary/aromatic N) is 3. The van der Waals surface area contributed by atoms with Crippen LogP contribution in [0.5, 0.6) is 0 Å². The molecule has 0 aromatic heterocycles. The van der Waals surface area contributed by atoms with Crippen LogP contribution in [-0.2, 0) is 16.2 Å². The van der Waals surface area contributed by atoms with Gasteiger partial charge in [0.25, 0.3) is 0 Å². The van der Waals surface area contributed by atoms with Crippen molar-refractivity contribution >= 4 is 28.9 Å². The molecule has 1 aliphatic heterocycles. The summed E-state index contributed by atoms with van der Waals surface area (Å²) in [5.74, 6) is 0.420. The fourth-order valence-electron chi connectivity index (χ4n) is 3.48. The van der Waals surface area contributed by atoms with Gasteiger partial charge in [-0.1, -0.05) is 54.9 Å². The number of hydrogen-bond donors (Lipinski definition) is 0. The van der Waals surface area contributed by atoms with Gasteiger partial charge in [0.05, 0.1) is 12.3 Å². The number of carbonyl (C=O) groups excluding carboxylic acids is 1. The Hall–Kier alpha value is -2.53. The molecule has 0 aliphatic carbocycles. The second kappa shape index (κ2) is 9.98. The highest BCUT2D eigenvalue weighted by Crippen LogP contribution is 2.22. The number of benzene rings is 2. The molecule has 5 nitrogen and oxygen atoms in total. The Labute approximate surface area is 184 Å². The molecule has 1 heterocycles. The van der Waals surface area contributed by atoms with E-state index in [1.54, 1.807) is 0 Å².